The van der Waals surface area contributed by atoms with Crippen molar-refractivity contribution in [1.29, 1.82) is 0 Å². The molecular formula is C17H17NO5. The van der Waals surface area contributed by atoms with Gasteiger partial charge in [-0.1, -0.05) is 48.5 Å². The number of hydrogen-bond acceptors (Lipinski definition) is 5. The van der Waals surface area contributed by atoms with Gasteiger partial charge >= 0.3 is 11.9 Å². The number of carboxylic acids is 1. The van der Waals surface area contributed by atoms with Crippen molar-refractivity contribution in [2.75, 3.05) is 0 Å². The van der Waals surface area contributed by atoms with Gasteiger partial charge in [0.15, 0.2) is 6.10 Å². The number of rotatable bonds is 7. The highest BCUT2D eigenvalue weighted by Gasteiger charge is 2.27. The van der Waals surface area contributed by atoms with Crippen molar-refractivity contribution in [3.63, 3.8) is 0 Å². The summed E-state index contributed by atoms with van der Waals surface area (Å²) in [6.07, 6.45) is -1.52. The molecule has 0 heterocycles. The van der Waals surface area contributed by atoms with Crippen molar-refractivity contribution in [2.24, 2.45) is 0 Å². The fourth-order valence-corrected chi connectivity index (χ4v) is 2.02. The molecule has 2 atom stereocenters. The first-order chi connectivity index (χ1) is 11.1. The molecule has 0 bridgehead atoms. The van der Waals surface area contributed by atoms with Gasteiger partial charge in [-0.25, -0.2) is 9.59 Å². The van der Waals surface area contributed by atoms with Crippen LogP contribution in [0.15, 0.2) is 60.7 Å². The normalized spacial score (nSPS) is 13.1. The summed E-state index contributed by atoms with van der Waals surface area (Å²) < 4.78 is 0. The Morgan fingerprint density at radius 1 is 1.00 bits per heavy atom. The van der Waals surface area contributed by atoms with E-state index in [0.29, 0.717) is 5.56 Å². The number of carbonyl (C=O) groups excluding carboxylic acids is 1. The minimum atomic E-state index is -1.71. The minimum absolute atomic E-state index is 0.191. The van der Waals surface area contributed by atoms with Crippen LogP contribution in [0.2, 0.25) is 0 Å². The van der Waals surface area contributed by atoms with E-state index in [1.165, 1.54) is 0 Å². The van der Waals surface area contributed by atoms with Crippen LogP contribution in [-0.2, 0) is 16.1 Å². The van der Waals surface area contributed by atoms with E-state index in [0.717, 1.165) is 5.56 Å². The van der Waals surface area contributed by atoms with Crippen molar-refractivity contribution >= 4 is 11.9 Å². The van der Waals surface area contributed by atoms with E-state index in [-0.39, 0.29) is 6.42 Å². The van der Waals surface area contributed by atoms with Crippen LogP contribution in [0.25, 0.3) is 0 Å². The van der Waals surface area contributed by atoms with E-state index < -0.39 is 24.1 Å². The Labute approximate surface area is 133 Å². The number of carboxylic acid groups (broad SMARTS) is 1. The highest BCUT2D eigenvalue weighted by molar-refractivity contribution is 5.89. The fraction of sp³-hybridized carbons (Fsp3) is 0.176. The van der Waals surface area contributed by atoms with Gasteiger partial charge in [-0.05, 0) is 24.1 Å². The van der Waals surface area contributed by atoms with Gasteiger partial charge in [-0.15, -0.1) is 5.48 Å². The minimum Gasteiger partial charge on any atom is -0.479 e. The van der Waals surface area contributed by atoms with Gasteiger partial charge in [-0.3, -0.25) is 0 Å². The third kappa shape index (κ3) is 4.91. The molecular weight excluding hydrogens is 298 g/mol. The fourth-order valence-electron chi connectivity index (χ4n) is 2.02. The quantitative estimate of drug-likeness (QED) is 0.669. The van der Waals surface area contributed by atoms with E-state index in [9.17, 15) is 14.7 Å². The molecule has 0 fully saturated rings. The molecule has 3 N–H and O–H groups in total. The Balaban J connectivity index is 2.03. The van der Waals surface area contributed by atoms with Crippen molar-refractivity contribution in [3.8, 4) is 0 Å². The standard InChI is InChI=1S/C17H17NO5/c19-15(16(20)21)14(11-12-7-3-1-4-8-12)18-23-17(22)13-9-5-2-6-10-13/h1-10,14-15,18-19H,11H2,(H,20,21). The molecule has 0 aliphatic rings. The number of hydroxylamine groups is 1. The molecule has 6 heteroatoms. The average Bonchev–Trinajstić information content (AvgIpc) is 2.59. The molecule has 0 aliphatic heterocycles. The van der Waals surface area contributed by atoms with Gasteiger partial charge in [0, 0.05) is 0 Å². The molecule has 2 unspecified atom stereocenters. The number of benzene rings is 2. The topological polar surface area (TPSA) is 95.9 Å². The van der Waals surface area contributed by atoms with Crippen molar-refractivity contribution in [1.82, 2.24) is 5.48 Å². The lowest BCUT2D eigenvalue weighted by Crippen LogP contribution is -2.46. The van der Waals surface area contributed by atoms with Gasteiger partial charge in [0.1, 0.15) is 0 Å². The molecule has 0 spiro atoms. The molecule has 120 valence electrons. The molecule has 2 aromatic carbocycles. The maximum Gasteiger partial charge on any atom is 0.356 e. The lowest BCUT2D eigenvalue weighted by Gasteiger charge is -2.20. The summed E-state index contributed by atoms with van der Waals surface area (Å²) >= 11 is 0. The zero-order valence-electron chi connectivity index (χ0n) is 12.3. The first-order valence-electron chi connectivity index (χ1n) is 7.04. The lowest BCUT2D eigenvalue weighted by atomic mass is 10.0. The predicted molar refractivity (Wildman–Crippen MR) is 82.6 cm³/mol. The molecule has 0 radical (unpaired) electrons. The second-order valence-corrected chi connectivity index (χ2v) is 4.95. The summed E-state index contributed by atoms with van der Waals surface area (Å²) in [5.41, 5.74) is 3.50. The monoisotopic (exact) mass is 315 g/mol. The number of aliphatic hydroxyl groups excluding tert-OH is 1. The second kappa shape index (κ2) is 8.07. The van der Waals surface area contributed by atoms with Crippen molar-refractivity contribution in [3.05, 3.63) is 71.8 Å². The molecule has 6 nitrogen and oxygen atoms in total. The zero-order valence-corrected chi connectivity index (χ0v) is 12.3. The Bertz CT molecular complexity index is 645. The molecule has 0 aromatic heterocycles. The Morgan fingerprint density at radius 2 is 1.57 bits per heavy atom. The number of aliphatic hydroxyl groups is 1. The van der Waals surface area contributed by atoms with Crippen LogP contribution >= 0.6 is 0 Å². The predicted octanol–water partition coefficient (Wildman–Crippen LogP) is 1.40. The molecule has 0 saturated heterocycles. The van der Waals surface area contributed by atoms with E-state index in [4.69, 9.17) is 9.94 Å². The highest BCUT2D eigenvalue weighted by Crippen LogP contribution is 2.08. The molecule has 2 aromatic rings. The maximum atomic E-state index is 11.9. The summed E-state index contributed by atoms with van der Waals surface area (Å²) in [5, 5.41) is 18.8. The number of aliphatic carboxylic acids is 1. The van der Waals surface area contributed by atoms with E-state index in [2.05, 4.69) is 5.48 Å². The van der Waals surface area contributed by atoms with Crippen molar-refractivity contribution < 1.29 is 24.6 Å². The first kappa shape index (κ1) is 16.7. The van der Waals surface area contributed by atoms with E-state index in [1.807, 2.05) is 6.07 Å². The third-order valence-electron chi connectivity index (χ3n) is 3.25. The Morgan fingerprint density at radius 3 is 2.13 bits per heavy atom. The largest absolute Gasteiger partial charge is 0.479 e. The van der Waals surface area contributed by atoms with Crippen LogP contribution in [0.3, 0.4) is 0 Å². The number of carbonyl (C=O) groups is 2. The van der Waals surface area contributed by atoms with Crippen LogP contribution in [0.4, 0.5) is 0 Å². The van der Waals surface area contributed by atoms with Gasteiger partial charge < -0.3 is 15.1 Å². The van der Waals surface area contributed by atoms with Crippen LogP contribution in [0, 0.1) is 0 Å². The van der Waals surface area contributed by atoms with Crippen LogP contribution in [-0.4, -0.2) is 34.3 Å². The first-order valence-corrected chi connectivity index (χ1v) is 7.04. The van der Waals surface area contributed by atoms with Crippen molar-refractivity contribution in [2.45, 2.75) is 18.6 Å². The smallest absolute Gasteiger partial charge is 0.356 e. The highest BCUT2D eigenvalue weighted by atomic mass is 16.7. The van der Waals surface area contributed by atoms with E-state index >= 15 is 0 Å². The summed E-state index contributed by atoms with van der Waals surface area (Å²) in [7, 11) is 0. The molecule has 0 saturated carbocycles. The maximum absolute atomic E-state index is 11.9. The molecule has 0 amide bonds. The average molecular weight is 315 g/mol. The van der Waals surface area contributed by atoms with Gasteiger partial charge in [0.25, 0.3) is 0 Å². The van der Waals surface area contributed by atoms with Crippen LogP contribution < -0.4 is 5.48 Å². The van der Waals surface area contributed by atoms with Gasteiger partial charge in [-0.2, -0.15) is 0 Å². The van der Waals surface area contributed by atoms with E-state index in [1.54, 1.807) is 54.6 Å². The molecule has 2 rings (SSSR count). The molecule has 23 heavy (non-hydrogen) atoms. The summed E-state index contributed by atoms with van der Waals surface area (Å²) in [6, 6.07) is 16.3. The summed E-state index contributed by atoms with van der Waals surface area (Å²) in [4.78, 5) is 27.8. The second-order valence-electron chi connectivity index (χ2n) is 4.95. The Hall–Kier alpha value is -2.70. The SMILES string of the molecule is O=C(ONC(Cc1ccccc1)C(O)C(=O)O)c1ccccc1. The Kier molecular flexibility index (Phi) is 5.85. The summed E-state index contributed by atoms with van der Waals surface area (Å²) in [5.74, 6) is -2.05. The van der Waals surface area contributed by atoms with Crippen LogP contribution in [0.5, 0.6) is 0 Å². The zero-order chi connectivity index (χ0) is 16.7. The summed E-state index contributed by atoms with van der Waals surface area (Å²) in [6.45, 7) is 0. The lowest BCUT2D eigenvalue weighted by molar-refractivity contribution is -0.150. The number of hydrogen-bond donors (Lipinski definition) is 3. The van der Waals surface area contributed by atoms with Crippen LogP contribution in [0.1, 0.15) is 15.9 Å². The van der Waals surface area contributed by atoms with Gasteiger partial charge in [0.2, 0.25) is 0 Å². The number of nitrogens with one attached hydrogen (secondary N) is 1. The van der Waals surface area contributed by atoms with Gasteiger partial charge in [0.05, 0.1) is 11.6 Å². The molecule has 0 aliphatic carbocycles. The third-order valence-corrected chi connectivity index (χ3v) is 3.25.